The first-order valence-corrected chi connectivity index (χ1v) is 12.4. The maximum absolute atomic E-state index is 12.2. The van der Waals surface area contributed by atoms with Crippen molar-refractivity contribution in [3.63, 3.8) is 0 Å². The van der Waals surface area contributed by atoms with Crippen LogP contribution in [0.1, 0.15) is 30.4 Å². The van der Waals surface area contributed by atoms with Crippen molar-refractivity contribution in [3.05, 3.63) is 84.5 Å². The van der Waals surface area contributed by atoms with Crippen molar-refractivity contribution in [3.8, 4) is 17.2 Å². The highest BCUT2D eigenvalue weighted by Crippen LogP contribution is 2.24. The fourth-order valence-corrected chi connectivity index (χ4v) is 3.04. The van der Waals surface area contributed by atoms with Crippen LogP contribution < -0.4 is 14.2 Å². The summed E-state index contributed by atoms with van der Waals surface area (Å²) in [5.41, 5.74) is 1.63. The third kappa shape index (κ3) is 12.1. The molecule has 0 aliphatic rings. The van der Waals surface area contributed by atoms with Crippen LogP contribution >= 0.6 is 0 Å². The van der Waals surface area contributed by atoms with Gasteiger partial charge in [-0.1, -0.05) is 25.3 Å². The van der Waals surface area contributed by atoms with Crippen molar-refractivity contribution in [2.75, 3.05) is 33.0 Å². The number of unbranched alkanes of at least 4 members (excludes halogenated alkanes) is 1. The summed E-state index contributed by atoms with van der Waals surface area (Å²) in [6.45, 7) is 9.46. The van der Waals surface area contributed by atoms with E-state index in [1.165, 1.54) is 6.08 Å². The van der Waals surface area contributed by atoms with E-state index in [1.54, 1.807) is 36.4 Å². The number of aryl methyl sites for hydroxylation is 1. The van der Waals surface area contributed by atoms with Gasteiger partial charge in [0.2, 0.25) is 0 Å². The standard InChI is InChI=1S/C30H34O9/c1-4-28(32)37-19-7-18-36-27-14-13-26(20-22(27)2)39-29(33)15-10-24-8-11-25(12-9-24)35-16-5-6-17-38-30(34)23(3)21-31/h4,8-15,20,31H,1,3,5-7,16-19,21H2,2H3/b15-10+. The van der Waals surface area contributed by atoms with Crippen molar-refractivity contribution in [2.24, 2.45) is 0 Å². The van der Waals surface area contributed by atoms with E-state index < -0.39 is 24.5 Å². The number of aliphatic hydroxyl groups is 1. The van der Waals surface area contributed by atoms with Gasteiger partial charge in [-0.05, 0) is 67.3 Å². The van der Waals surface area contributed by atoms with E-state index in [1.807, 2.05) is 19.1 Å². The molecule has 2 rings (SSSR count). The average molecular weight is 539 g/mol. The number of rotatable bonds is 17. The lowest BCUT2D eigenvalue weighted by Crippen LogP contribution is -2.11. The summed E-state index contributed by atoms with van der Waals surface area (Å²) in [5, 5.41) is 8.82. The molecule has 208 valence electrons. The van der Waals surface area contributed by atoms with E-state index >= 15 is 0 Å². The molecule has 9 heteroatoms. The number of hydrogen-bond donors (Lipinski definition) is 1. The predicted molar refractivity (Wildman–Crippen MR) is 145 cm³/mol. The molecule has 0 aliphatic heterocycles. The molecule has 0 atom stereocenters. The maximum Gasteiger partial charge on any atom is 0.336 e. The van der Waals surface area contributed by atoms with Gasteiger partial charge in [-0.2, -0.15) is 0 Å². The Bertz CT molecular complexity index is 1150. The largest absolute Gasteiger partial charge is 0.494 e. The molecule has 39 heavy (non-hydrogen) atoms. The summed E-state index contributed by atoms with van der Waals surface area (Å²) in [4.78, 5) is 34.6. The van der Waals surface area contributed by atoms with Crippen LogP contribution in [0.25, 0.3) is 6.08 Å². The molecule has 0 radical (unpaired) electrons. The van der Waals surface area contributed by atoms with Crippen LogP contribution in [0.3, 0.4) is 0 Å². The molecule has 0 aliphatic carbocycles. The minimum Gasteiger partial charge on any atom is -0.494 e. The maximum atomic E-state index is 12.2. The molecule has 0 spiro atoms. The van der Waals surface area contributed by atoms with E-state index in [9.17, 15) is 14.4 Å². The number of esters is 3. The fraction of sp³-hybridized carbons (Fsp3) is 0.300. The summed E-state index contributed by atoms with van der Waals surface area (Å²) < 4.78 is 26.6. The zero-order valence-electron chi connectivity index (χ0n) is 22.1. The number of aliphatic hydroxyl groups excluding tert-OH is 1. The summed E-state index contributed by atoms with van der Waals surface area (Å²) in [5.74, 6) is 0.141. The molecule has 0 saturated carbocycles. The average Bonchev–Trinajstić information content (AvgIpc) is 2.94. The molecule has 0 heterocycles. The van der Waals surface area contributed by atoms with Crippen molar-refractivity contribution in [1.82, 2.24) is 0 Å². The molecule has 2 aromatic carbocycles. The van der Waals surface area contributed by atoms with Crippen LogP contribution in [0, 0.1) is 6.92 Å². The van der Waals surface area contributed by atoms with Gasteiger partial charge < -0.3 is 28.8 Å². The van der Waals surface area contributed by atoms with E-state index in [2.05, 4.69) is 13.2 Å². The lowest BCUT2D eigenvalue weighted by molar-refractivity contribution is -0.140. The smallest absolute Gasteiger partial charge is 0.336 e. The number of carbonyl (C=O) groups excluding carboxylic acids is 3. The second-order valence-corrected chi connectivity index (χ2v) is 8.28. The van der Waals surface area contributed by atoms with Gasteiger partial charge in [0, 0.05) is 18.6 Å². The number of ether oxygens (including phenoxy) is 5. The third-order valence-corrected chi connectivity index (χ3v) is 5.13. The molecule has 1 N–H and O–H groups in total. The van der Waals surface area contributed by atoms with Crippen LogP contribution in [0.5, 0.6) is 17.2 Å². The minimum atomic E-state index is -0.595. The molecule has 2 aromatic rings. The van der Waals surface area contributed by atoms with Crippen LogP contribution in [0.4, 0.5) is 0 Å². The molecule has 0 fully saturated rings. The van der Waals surface area contributed by atoms with E-state index in [0.29, 0.717) is 49.7 Å². The van der Waals surface area contributed by atoms with Crippen molar-refractivity contribution >= 4 is 24.0 Å². The Morgan fingerprint density at radius 1 is 0.846 bits per heavy atom. The highest BCUT2D eigenvalue weighted by Gasteiger charge is 2.07. The monoisotopic (exact) mass is 538 g/mol. The van der Waals surface area contributed by atoms with Crippen LogP contribution in [0.15, 0.2) is 73.3 Å². The van der Waals surface area contributed by atoms with E-state index in [4.69, 9.17) is 28.8 Å². The molecule has 0 unspecified atom stereocenters. The van der Waals surface area contributed by atoms with Crippen LogP contribution in [0.2, 0.25) is 0 Å². The topological polar surface area (TPSA) is 118 Å². The van der Waals surface area contributed by atoms with Gasteiger partial charge in [-0.25, -0.2) is 14.4 Å². The number of benzene rings is 2. The van der Waals surface area contributed by atoms with E-state index in [0.717, 1.165) is 17.2 Å². The fourth-order valence-electron chi connectivity index (χ4n) is 3.04. The van der Waals surface area contributed by atoms with Gasteiger partial charge in [0.25, 0.3) is 0 Å². The van der Waals surface area contributed by atoms with Crippen LogP contribution in [-0.4, -0.2) is 56.0 Å². The zero-order chi connectivity index (χ0) is 28.5. The van der Waals surface area contributed by atoms with Gasteiger partial charge in [0.1, 0.15) is 17.2 Å². The van der Waals surface area contributed by atoms with Gasteiger partial charge in [-0.15, -0.1) is 0 Å². The molecule has 0 bridgehead atoms. The Hall–Kier alpha value is -4.37. The number of hydrogen-bond acceptors (Lipinski definition) is 9. The first-order valence-electron chi connectivity index (χ1n) is 12.4. The highest BCUT2D eigenvalue weighted by atomic mass is 16.5. The SMILES string of the molecule is C=CC(=O)OCCCOc1ccc(OC(=O)/C=C/c2ccc(OCCCCOC(=O)C(=C)CO)cc2)cc1C. The molecule has 0 amide bonds. The Morgan fingerprint density at radius 2 is 1.51 bits per heavy atom. The molecule has 0 aromatic heterocycles. The van der Waals surface area contributed by atoms with Gasteiger partial charge in [0.05, 0.1) is 38.6 Å². The summed E-state index contributed by atoms with van der Waals surface area (Å²) in [7, 11) is 0. The molecular formula is C30H34O9. The minimum absolute atomic E-state index is 0.0304. The first-order chi connectivity index (χ1) is 18.8. The Morgan fingerprint density at radius 3 is 2.21 bits per heavy atom. The summed E-state index contributed by atoms with van der Waals surface area (Å²) >= 11 is 0. The summed E-state index contributed by atoms with van der Waals surface area (Å²) in [6.07, 6.45) is 5.94. The zero-order valence-corrected chi connectivity index (χ0v) is 22.1. The second-order valence-electron chi connectivity index (χ2n) is 8.28. The van der Waals surface area contributed by atoms with Gasteiger partial charge >= 0.3 is 17.9 Å². The molecular weight excluding hydrogens is 504 g/mol. The van der Waals surface area contributed by atoms with Gasteiger partial charge in [-0.3, -0.25) is 0 Å². The predicted octanol–water partition coefficient (Wildman–Crippen LogP) is 4.36. The number of carbonyl (C=O) groups is 3. The Kier molecular flexibility index (Phi) is 13.6. The third-order valence-electron chi connectivity index (χ3n) is 5.13. The first kappa shape index (κ1) is 30.9. The molecule has 0 saturated heterocycles. The van der Waals surface area contributed by atoms with Crippen molar-refractivity contribution < 1.29 is 43.2 Å². The van der Waals surface area contributed by atoms with Crippen molar-refractivity contribution in [1.29, 1.82) is 0 Å². The highest BCUT2D eigenvalue weighted by molar-refractivity contribution is 5.89. The Balaban J connectivity index is 1.69. The van der Waals surface area contributed by atoms with E-state index in [-0.39, 0.29) is 18.8 Å². The van der Waals surface area contributed by atoms with Crippen molar-refractivity contribution in [2.45, 2.75) is 26.2 Å². The lowest BCUT2D eigenvalue weighted by atomic mass is 10.2. The normalized spacial score (nSPS) is 10.5. The quantitative estimate of drug-likeness (QED) is 0.136. The second kappa shape index (κ2) is 17.2. The Labute approximate surface area is 228 Å². The van der Waals surface area contributed by atoms with Gasteiger partial charge in [0.15, 0.2) is 0 Å². The lowest BCUT2D eigenvalue weighted by Gasteiger charge is -2.10. The molecule has 9 nitrogen and oxygen atoms in total. The van der Waals surface area contributed by atoms with Crippen LogP contribution in [-0.2, 0) is 23.9 Å². The summed E-state index contributed by atoms with van der Waals surface area (Å²) in [6, 6.07) is 12.3.